The maximum absolute atomic E-state index is 13.0. The molecule has 4 nitrogen and oxygen atoms in total. The number of nitrogens with one attached hydrogen (secondary N) is 1. The molecule has 0 aliphatic carbocycles. The summed E-state index contributed by atoms with van der Waals surface area (Å²) in [5.41, 5.74) is 0.576. The number of rotatable bonds is 4. The molecule has 19 heavy (non-hydrogen) atoms. The summed E-state index contributed by atoms with van der Waals surface area (Å²) in [5, 5.41) is 6.31. The number of hydrogen-bond donors (Lipinski definition) is 1. The first-order valence-electron chi connectivity index (χ1n) is 5.67. The van der Waals surface area contributed by atoms with E-state index in [1.807, 2.05) is 0 Å². The van der Waals surface area contributed by atoms with Crippen LogP contribution >= 0.6 is 0 Å². The third kappa shape index (κ3) is 3.46. The molecule has 0 bridgehead atoms. The lowest BCUT2D eigenvalue weighted by Crippen LogP contribution is -2.38. The van der Waals surface area contributed by atoms with Gasteiger partial charge < -0.3 is 5.32 Å². The molecule has 0 spiro atoms. The summed E-state index contributed by atoms with van der Waals surface area (Å²) in [7, 11) is 1.59. The van der Waals surface area contributed by atoms with Crippen molar-refractivity contribution in [3.8, 4) is 0 Å². The zero-order valence-electron chi connectivity index (χ0n) is 10.2. The van der Waals surface area contributed by atoms with Crippen molar-refractivity contribution in [1.82, 2.24) is 14.8 Å². The van der Waals surface area contributed by atoms with Crippen LogP contribution < -0.4 is 5.32 Å². The summed E-state index contributed by atoms with van der Waals surface area (Å²) < 4.78 is 40.4. The van der Waals surface area contributed by atoms with Crippen LogP contribution in [0.15, 0.2) is 36.8 Å². The molecule has 0 saturated carbocycles. The van der Waals surface area contributed by atoms with Crippen LogP contribution in [0.2, 0.25) is 0 Å². The molecule has 1 N–H and O–H groups in total. The Morgan fingerprint density at radius 1 is 1.21 bits per heavy atom. The molecule has 2 rings (SSSR count). The van der Waals surface area contributed by atoms with E-state index in [0.717, 1.165) is 0 Å². The zero-order chi connectivity index (χ0) is 13.9. The first-order chi connectivity index (χ1) is 8.97. The average Bonchev–Trinajstić information content (AvgIpc) is 2.74. The number of pyridine rings is 1. The van der Waals surface area contributed by atoms with Gasteiger partial charge in [-0.1, -0.05) is 0 Å². The van der Waals surface area contributed by atoms with Crippen LogP contribution in [0.25, 0.3) is 0 Å². The second-order valence-corrected chi connectivity index (χ2v) is 4.14. The Kier molecular flexibility index (Phi) is 3.73. The number of alkyl halides is 3. The SMILES string of the molecule is Cn1nccc1N[C@H](Cc1ccncc1)C(F)(F)F. The van der Waals surface area contributed by atoms with E-state index >= 15 is 0 Å². The summed E-state index contributed by atoms with van der Waals surface area (Å²) >= 11 is 0. The monoisotopic (exact) mass is 270 g/mol. The number of nitrogens with zero attached hydrogens (tertiary/aromatic N) is 3. The molecule has 0 fully saturated rings. The van der Waals surface area contributed by atoms with Crippen LogP contribution in [-0.4, -0.2) is 27.0 Å². The maximum Gasteiger partial charge on any atom is 0.408 e. The third-order valence-corrected chi connectivity index (χ3v) is 2.73. The molecular weight excluding hydrogens is 257 g/mol. The van der Waals surface area contributed by atoms with Crippen molar-refractivity contribution in [2.75, 3.05) is 5.32 Å². The van der Waals surface area contributed by atoms with Gasteiger partial charge in [0.25, 0.3) is 0 Å². The molecule has 2 heterocycles. The Balaban J connectivity index is 2.16. The Labute approximate surface area is 108 Å². The van der Waals surface area contributed by atoms with Gasteiger partial charge in [-0.2, -0.15) is 18.3 Å². The minimum atomic E-state index is -4.34. The van der Waals surface area contributed by atoms with E-state index in [2.05, 4.69) is 15.4 Å². The number of halogens is 3. The molecule has 2 aromatic rings. The number of anilines is 1. The van der Waals surface area contributed by atoms with E-state index in [1.165, 1.54) is 29.3 Å². The first kappa shape index (κ1) is 13.4. The Morgan fingerprint density at radius 2 is 1.89 bits per heavy atom. The minimum absolute atomic E-state index is 0.156. The Hall–Kier alpha value is -2.05. The lowest BCUT2D eigenvalue weighted by molar-refractivity contribution is -0.142. The van der Waals surface area contributed by atoms with Gasteiger partial charge in [0.05, 0.1) is 6.20 Å². The van der Waals surface area contributed by atoms with E-state index in [0.29, 0.717) is 11.4 Å². The van der Waals surface area contributed by atoms with E-state index in [-0.39, 0.29) is 6.42 Å². The summed E-state index contributed by atoms with van der Waals surface area (Å²) in [6.07, 6.45) is -0.0906. The van der Waals surface area contributed by atoms with E-state index in [9.17, 15) is 13.2 Å². The predicted octanol–water partition coefficient (Wildman–Crippen LogP) is 2.40. The lowest BCUT2D eigenvalue weighted by atomic mass is 10.1. The summed E-state index contributed by atoms with van der Waals surface area (Å²) in [6.45, 7) is 0. The highest BCUT2D eigenvalue weighted by molar-refractivity contribution is 5.36. The van der Waals surface area contributed by atoms with Crippen molar-refractivity contribution in [1.29, 1.82) is 0 Å². The molecule has 1 atom stereocenters. The average molecular weight is 270 g/mol. The molecule has 0 radical (unpaired) electrons. The van der Waals surface area contributed by atoms with Gasteiger partial charge in [-0.15, -0.1) is 0 Å². The fourth-order valence-corrected chi connectivity index (χ4v) is 1.70. The molecule has 0 aliphatic heterocycles. The molecule has 0 saturated heterocycles. The number of aromatic nitrogens is 3. The standard InChI is InChI=1S/C12H13F3N4/c1-19-11(4-7-17-19)18-10(12(13,14)15)8-9-2-5-16-6-3-9/h2-7,10,18H,8H2,1H3/t10-/m1/s1. The first-order valence-corrected chi connectivity index (χ1v) is 5.67. The molecule has 0 amide bonds. The number of hydrogen-bond acceptors (Lipinski definition) is 3. The largest absolute Gasteiger partial charge is 0.408 e. The molecule has 7 heteroatoms. The molecule has 0 aromatic carbocycles. The highest BCUT2D eigenvalue weighted by Crippen LogP contribution is 2.26. The number of aryl methyl sites for hydroxylation is 1. The summed E-state index contributed by atoms with van der Waals surface area (Å²) in [4.78, 5) is 3.79. The van der Waals surface area contributed by atoms with Crippen molar-refractivity contribution in [2.24, 2.45) is 7.05 Å². The van der Waals surface area contributed by atoms with Gasteiger partial charge in [0.15, 0.2) is 0 Å². The molecule has 0 aliphatic rings. The second kappa shape index (κ2) is 5.29. The van der Waals surface area contributed by atoms with Gasteiger partial charge in [0.2, 0.25) is 0 Å². The van der Waals surface area contributed by atoms with Crippen molar-refractivity contribution in [2.45, 2.75) is 18.6 Å². The van der Waals surface area contributed by atoms with Crippen LogP contribution in [0, 0.1) is 0 Å². The van der Waals surface area contributed by atoms with E-state index in [4.69, 9.17) is 0 Å². The van der Waals surface area contributed by atoms with E-state index < -0.39 is 12.2 Å². The van der Waals surface area contributed by atoms with Crippen LogP contribution in [0.4, 0.5) is 19.0 Å². The topological polar surface area (TPSA) is 42.7 Å². The van der Waals surface area contributed by atoms with E-state index in [1.54, 1.807) is 19.2 Å². The third-order valence-electron chi connectivity index (χ3n) is 2.73. The fraction of sp³-hybridized carbons (Fsp3) is 0.333. The van der Waals surface area contributed by atoms with Crippen molar-refractivity contribution in [3.05, 3.63) is 42.4 Å². The minimum Gasteiger partial charge on any atom is -0.359 e. The normalized spacial score (nSPS) is 13.3. The molecule has 102 valence electrons. The smallest absolute Gasteiger partial charge is 0.359 e. The highest BCUT2D eigenvalue weighted by atomic mass is 19.4. The predicted molar refractivity (Wildman–Crippen MR) is 64.6 cm³/mol. The van der Waals surface area contributed by atoms with Gasteiger partial charge in [0, 0.05) is 31.9 Å². The summed E-state index contributed by atoms with van der Waals surface area (Å²) in [5.74, 6) is 0.330. The quantitative estimate of drug-likeness (QED) is 0.927. The van der Waals surface area contributed by atoms with Crippen molar-refractivity contribution < 1.29 is 13.2 Å². The van der Waals surface area contributed by atoms with Crippen molar-refractivity contribution >= 4 is 5.82 Å². The summed E-state index contributed by atoms with van der Waals surface area (Å²) in [6, 6.07) is 2.99. The van der Waals surface area contributed by atoms with Gasteiger partial charge in [-0.05, 0) is 17.7 Å². The molecule has 2 aromatic heterocycles. The molecular formula is C12H13F3N4. The lowest BCUT2D eigenvalue weighted by Gasteiger charge is -2.22. The second-order valence-electron chi connectivity index (χ2n) is 4.14. The highest BCUT2D eigenvalue weighted by Gasteiger charge is 2.39. The van der Waals surface area contributed by atoms with Gasteiger partial charge in [-0.25, -0.2) is 0 Å². The Bertz CT molecular complexity index is 521. The maximum atomic E-state index is 13.0. The van der Waals surface area contributed by atoms with Gasteiger partial charge in [0.1, 0.15) is 11.9 Å². The fourth-order valence-electron chi connectivity index (χ4n) is 1.70. The van der Waals surface area contributed by atoms with Crippen LogP contribution in [0.1, 0.15) is 5.56 Å². The van der Waals surface area contributed by atoms with Gasteiger partial charge >= 0.3 is 6.18 Å². The Morgan fingerprint density at radius 3 is 2.42 bits per heavy atom. The van der Waals surface area contributed by atoms with Crippen LogP contribution in [-0.2, 0) is 13.5 Å². The van der Waals surface area contributed by atoms with Crippen LogP contribution in [0.3, 0.4) is 0 Å². The molecule has 0 unspecified atom stereocenters. The van der Waals surface area contributed by atoms with Crippen molar-refractivity contribution in [3.63, 3.8) is 0 Å². The van der Waals surface area contributed by atoms with Gasteiger partial charge in [-0.3, -0.25) is 9.67 Å². The van der Waals surface area contributed by atoms with Crippen LogP contribution in [0.5, 0.6) is 0 Å². The zero-order valence-corrected chi connectivity index (χ0v) is 10.2.